The van der Waals surface area contributed by atoms with E-state index in [4.69, 9.17) is 14.2 Å². The van der Waals surface area contributed by atoms with Crippen molar-refractivity contribution in [2.75, 3.05) is 13.7 Å². The molecule has 4 aliphatic carbocycles. The van der Waals surface area contributed by atoms with Gasteiger partial charge < -0.3 is 19.3 Å². The maximum absolute atomic E-state index is 10.5. The summed E-state index contributed by atoms with van der Waals surface area (Å²) < 4.78 is 18.2. The molecular weight excluding hydrogens is 364 g/mol. The van der Waals surface area contributed by atoms with Gasteiger partial charge in [0.25, 0.3) is 0 Å². The molecule has 1 N–H and O–H groups in total. The van der Waals surface area contributed by atoms with Gasteiger partial charge >= 0.3 is 0 Å². The monoisotopic (exact) mass is 404 g/mol. The molecule has 8 atom stereocenters. The largest absolute Gasteiger partial charge is 0.498 e. The van der Waals surface area contributed by atoms with E-state index in [-0.39, 0.29) is 11.7 Å². The van der Waals surface area contributed by atoms with Gasteiger partial charge in [0, 0.05) is 6.61 Å². The van der Waals surface area contributed by atoms with E-state index in [0.29, 0.717) is 11.5 Å². The van der Waals surface area contributed by atoms with Crippen molar-refractivity contribution < 1.29 is 19.3 Å². The second-order valence-corrected chi connectivity index (χ2v) is 11.0. The maximum atomic E-state index is 10.5. The second-order valence-electron chi connectivity index (χ2n) is 11.0. The Balaban J connectivity index is 1.37. The number of rotatable bonds is 3. The molecule has 0 bridgehead atoms. The predicted octanol–water partition coefficient (Wildman–Crippen LogP) is 5.20. The minimum Gasteiger partial charge on any atom is -0.498 e. The summed E-state index contributed by atoms with van der Waals surface area (Å²) >= 11 is 0. The van der Waals surface area contributed by atoms with Gasteiger partial charge in [0.1, 0.15) is 11.9 Å². The summed E-state index contributed by atoms with van der Waals surface area (Å²) in [5, 5.41) is 10.5. The van der Waals surface area contributed by atoms with Crippen LogP contribution in [0.1, 0.15) is 84.5 Å². The number of hydrogen-bond donors (Lipinski definition) is 1. The van der Waals surface area contributed by atoms with E-state index in [9.17, 15) is 5.11 Å². The first-order valence-corrected chi connectivity index (χ1v) is 12.2. The Morgan fingerprint density at radius 3 is 2.59 bits per heavy atom. The maximum Gasteiger partial charge on any atom is 0.157 e. The number of aliphatic hydroxyl groups excluding tert-OH is 1. The summed E-state index contributed by atoms with van der Waals surface area (Å²) in [5.41, 5.74) is 1.95. The smallest absolute Gasteiger partial charge is 0.157 e. The van der Waals surface area contributed by atoms with Gasteiger partial charge in [0.05, 0.1) is 13.2 Å². The predicted molar refractivity (Wildman–Crippen MR) is 112 cm³/mol. The molecule has 0 amide bonds. The van der Waals surface area contributed by atoms with E-state index >= 15 is 0 Å². The van der Waals surface area contributed by atoms with Crippen LogP contribution in [-0.2, 0) is 14.2 Å². The summed E-state index contributed by atoms with van der Waals surface area (Å²) in [4.78, 5) is 0. The zero-order valence-electron chi connectivity index (χ0n) is 18.6. The van der Waals surface area contributed by atoms with Crippen LogP contribution in [0.3, 0.4) is 0 Å². The third-order valence-electron chi connectivity index (χ3n) is 9.80. The van der Waals surface area contributed by atoms with Crippen LogP contribution in [0, 0.1) is 28.6 Å². The molecule has 1 heterocycles. The molecule has 0 aromatic carbocycles. The van der Waals surface area contributed by atoms with Crippen molar-refractivity contribution in [3.05, 3.63) is 11.3 Å². The van der Waals surface area contributed by atoms with Crippen molar-refractivity contribution in [1.29, 1.82) is 0 Å². The highest BCUT2D eigenvalue weighted by Gasteiger charge is 2.60. The molecule has 0 aromatic rings. The van der Waals surface area contributed by atoms with Gasteiger partial charge in [-0.05, 0) is 105 Å². The van der Waals surface area contributed by atoms with Gasteiger partial charge in [-0.15, -0.1) is 0 Å². The van der Waals surface area contributed by atoms with Gasteiger partial charge in [-0.3, -0.25) is 0 Å². The molecule has 4 fully saturated rings. The first-order chi connectivity index (χ1) is 14.0. The topological polar surface area (TPSA) is 47.9 Å². The fraction of sp³-hybridized carbons (Fsp3) is 0.920. The van der Waals surface area contributed by atoms with Crippen LogP contribution in [0.2, 0.25) is 0 Å². The molecule has 29 heavy (non-hydrogen) atoms. The third-order valence-corrected chi connectivity index (χ3v) is 9.80. The molecule has 0 aromatic heterocycles. The van der Waals surface area contributed by atoms with Gasteiger partial charge in [-0.25, -0.2) is 0 Å². The number of methoxy groups -OCH3 is 1. The summed E-state index contributed by atoms with van der Waals surface area (Å²) in [5.74, 6) is 3.18. The molecule has 4 heteroatoms. The summed E-state index contributed by atoms with van der Waals surface area (Å²) in [6.07, 6.45) is 12.9. The standard InChI is InChI=1S/C25H40O4/c1-24-14-12-20(26)23(27-3)19(24)8-7-16-17-9-10-21(25(17,2)13-11-18(16)24)29-22-6-4-5-15-28-22/h16-18,20-22,26H,4-15H2,1-3H3. The van der Waals surface area contributed by atoms with Crippen molar-refractivity contribution in [3.63, 3.8) is 0 Å². The lowest BCUT2D eigenvalue weighted by Gasteiger charge is -2.58. The summed E-state index contributed by atoms with van der Waals surface area (Å²) in [6, 6.07) is 0. The molecule has 1 aliphatic heterocycles. The van der Waals surface area contributed by atoms with Crippen LogP contribution < -0.4 is 0 Å². The fourth-order valence-corrected chi connectivity index (χ4v) is 8.25. The minimum absolute atomic E-state index is 0.0320. The van der Waals surface area contributed by atoms with Crippen LogP contribution in [-0.4, -0.2) is 37.3 Å². The molecular formula is C25H40O4. The Morgan fingerprint density at radius 1 is 0.966 bits per heavy atom. The van der Waals surface area contributed by atoms with E-state index < -0.39 is 6.10 Å². The Morgan fingerprint density at radius 2 is 1.83 bits per heavy atom. The number of ether oxygens (including phenoxy) is 3. The first-order valence-electron chi connectivity index (χ1n) is 12.2. The summed E-state index contributed by atoms with van der Waals surface area (Å²) in [6.45, 7) is 5.86. The average molecular weight is 405 g/mol. The van der Waals surface area contributed by atoms with Gasteiger partial charge in [-0.1, -0.05) is 13.8 Å². The van der Waals surface area contributed by atoms with Gasteiger partial charge in [0.2, 0.25) is 0 Å². The Kier molecular flexibility index (Phi) is 5.28. The molecule has 8 unspecified atom stereocenters. The Bertz CT molecular complexity index is 653. The molecule has 5 rings (SSSR count). The average Bonchev–Trinajstić information content (AvgIpc) is 3.05. The molecule has 0 radical (unpaired) electrons. The quantitative estimate of drug-likeness (QED) is 0.703. The van der Waals surface area contributed by atoms with Crippen molar-refractivity contribution in [3.8, 4) is 0 Å². The van der Waals surface area contributed by atoms with Crippen molar-refractivity contribution >= 4 is 0 Å². The van der Waals surface area contributed by atoms with Crippen LogP contribution in [0.5, 0.6) is 0 Å². The van der Waals surface area contributed by atoms with Crippen LogP contribution >= 0.6 is 0 Å². The van der Waals surface area contributed by atoms with E-state index in [0.717, 1.165) is 55.8 Å². The lowest BCUT2D eigenvalue weighted by Crippen LogP contribution is -2.52. The zero-order valence-corrected chi connectivity index (χ0v) is 18.6. The normalized spacial score (nSPS) is 49.9. The molecule has 0 spiro atoms. The molecule has 4 nitrogen and oxygen atoms in total. The lowest BCUT2D eigenvalue weighted by molar-refractivity contribution is -0.216. The Labute approximate surface area is 176 Å². The van der Waals surface area contributed by atoms with Crippen molar-refractivity contribution in [2.45, 2.75) is 103 Å². The van der Waals surface area contributed by atoms with E-state index in [1.165, 1.54) is 50.5 Å². The molecule has 5 aliphatic rings. The number of fused-ring (bicyclic) bond motifs is 5. The van der Waals surface area contributed by atoms with Crippen LogP contribution in [0.25, 0.3) is 0 Å². The highest BCUT2D eigenvalue weighted by molar-refractivity contribution is 5.29. The van der Waals surface area contributed by atoms with E-state index in [1.807, 2.05) is 0 Å². The van der Waals surface area contributed by atoms with Gasteiger partial charge in [0.15, 0.2) is 6.29 Å². The molecule has 1 saturated heterocycles. The van der Waals surface area contributed by atoms with Crippen molar-refractivity contribution in [1.82, 2.24) is 0 Å². The van der Waals surface area contributed by atoms with Crippen LogP contribution in [0.4, 0.5) is 0 Å². The molecule has 3 saturated carbocycles. The Hall–Kier alpha value is -0.580. The van der Waals surface area contributed by atoms with E-state index in [2.05, 4.69) is 13.8 Å². The highest BCUT2D eigenvalue weighted by atomic mass is 16.7. The second kappa shape index (κ2) is 7.53. The third kappa shape index (κ3) is 3.11. The lowest BCUT2D eigenvalue weighted by atomic mass is 9.47. The highest BCUT2D eigenvalue weighted by Crippen LogP contribution is 2.66. The SMILES string of the molecule is COC1=C2CCC3C(CCC4(C)C(OC5CCCCO5)CCC34)C2(C)CCC1O. The molecule has 164 valence electrons. The van der Waals surface area contributed by atoms with Gasteiger partial charge in [-0.2, -0.15) is 0 Å². The zero-order chi connectivity index (χ0) is 20.2. The van der Waals surface area contributed by atoms with E-state index in [1.54, 1.807) is 7.11 Å². The first kappa shape index (κ1) is 20.3. The number of allylic oxidation sites excluding steroid dienone is 1. The summed E-state index contributed by atoms with van der Waals surface area (Å²) in [7, 11) is 1.74. The fourth-order valence-electron chi connectivity index (χ4n) is 8.25. The number of hydrogen-bond acceptors (Lipinski definition) is 4. The van der Waals surface area contributed by atoms with Crippen molar-refractivity contribution in [2.24, 2.45) is 28.6 Å². The van der Waals surface area contributed by atoms with Crippen LogP contribution in [0.15, 0.2) is 11.3 Å². The number of aliphatic hydroxyl groups is 1. The minimum atomic E-state index is -0.395.